The fourth-order valence-electron chi connectivity index (χ4n) is 2.00. The largest absolute Gasteiger partial charge is 0.483 e. The lowest BCUT2D eigenvalue weighted by molar-refractivity contribution is -0.123. The number of benzene rings is 2. The monoisotopic (exact) mass is 403 g/mol. The molecule has 0 aliphatic rings. The van der Waals surface area contributed by atoms with Gasteiger partial charge in [-0.25, -0.2) is 0 Å². The van der Waals surface area contributed by atoms with Crippen LogP contribution in [-0.2, 0) is 9.59 Å². The van der Waals surface area contributed by atoms with Gasteiger partial charge in [-0.15, -0.1) is 0 Å². The molecular formula is C19H18ClN3O3S. The molecule has 2 aromatic rings. The van der Waals surface area contributed by atoms with Crippen molar-refractivity contribution < 1.29 is 14.3 Å². The van der Waals surface area contributed by atoms with Crippen LogP contribution >= 0.6 is 23.8 Å². The molecule has 0 aromatic heterocycles. The Labute approximate surface area is 167 Å². The molecule has 0 aliphatic heterocycles. The molecule has 0 spiro atoms. The van der Waals surface area contributed by atoms with Crippen LogP contribution in [0.5, 0.6) is 5.75 Å². The van der Waals surface area contributed by atoms with E-state index in [-0.39, 0.29) is 11.7 Å². The molecule has 0 radical (unpaired) electrons. The third-order valence-corrected chi connectivity index (χ3v) is 3.71. The topological polar surface area (TPSA) is 79.5 Å². The van der Waals surface area contributed by atoms with Crippen LogP contribution in [0.4, 0.5) is 0 Å². The van der Waals surface area contributed by atoms with Crippen LogP contribution in [0.3, 0.4) is 0 Å². The van der Waals surface area contributed by atoms with Crippen molar-refractivity contribution in [3.63, 3.8) is 0 Å². The second kappa shape index (κ2) is 10.3. The Kier molecular flexibility index (Phi) is 7.79. The highest BCUT2D eigenvalue weighted by molar-refractivity contribution is 7.80. The maximum Gasteiger partial charge on any atom is 0.276 e. The van der Waals surface area contributed by atoms with Crippen LogP contribution in [0, 0.1) is 6.92 Å². The van der Waals surface area contributed by atoms with Crippen molar-refractivity contribution in [2.45, 2.75) is 6.92 Å². The molecule has 0 unspecified atom stereocenters. The first-order valence-corrected chi connectivity index (χ1v) is 8.74. The normalized spacial score (nSPS) is 10.3. The fraction of sp³-hybridized carbons (Fsp3) is 0.105. The zero-order valence-corrected chi connectivity index (χ0v) is 16.1. The molecule has 0 fully saturated rings. The zero-order chi connectivity index (χ0) is 19.6. The number of rotatable bonds is 5. The van der Waals surface area contributed by atoms with Crippen LogP contribution in [0.1, 0.15) is 11.1 Å². The van der Waals surface area contributed by atoms with E-state index in [0.29, 0.717) is 10.8 Å². The maximum atomic E-state index is 11.8. The molecule has 140 valence electrons. The summed E-state index contributed by atoms with van der Waals surface area (Å²) in [6.07, 6.45) is 3.00. The van der Waals surface area contributed by atoms with Crippen LogP contribution in [-0.4, -0.2) is 23.5 Å². The summed E-state index contributed by atoms with van der Waals surface area (Å²) in [4.78, 5) is 23.6. The second-order valence-electron chi connectivity index (χ2n) is 5.43. The van der Waals surface area contributed by atoms with E-state index in [2.05, 4.69) is 16.2 Å². The predicted molar refractivity (Wildman–Crippen MR) is 109 cm³/mol. The summed E-state index contributed by atoms with van der Waals surface area (Å²) in [5.41, 5.74) is 6.48. The van der Waals surface area contributed by atoms with E-state index in [1.54, 1.807) is 24.3 Å². The van der Waals surface area contributed by atoms with E-state index in [4.69, 9.17) is 28.6 Å². The number of thiocarbonyl (C=S) groups is 1. The first kappa shape index (κ1) is 20.4. The maximum absolute atomic E-state index is 11.8. The Morgan fingerprint density at radius 1 is 1.15 bits per heavy atom. The van der Waals surface area contributed by atoms with Gasteiger partial charge in [0, 0.05) is 11.1 Å². The summed E-state index contributed by atoms with van der Waals surface area (Å²) in [5, 5.41) is 2.98. The smallest absolute Gasteiger partial charge is 0.276 e. The number of ether oxygens (including phenoxy) is 1. The van der Waals surface area contributed by atoms with E-state index in [1.807, 2.05) is 37.3 Å². The van der Waals surface area contributed by atoms with Gasteiger partial charge >= 0.3 is 0 Å². The highest BCUT2D eigenvalue weighted by Crippen LogP contribution is 2.21. The quantitative estimate of drug-likeness (QED) is 0.406. The summed E-state index contributed by atoms with van der Waals surface area (Å²) in [5.74, 6) is -0.323. The van der Waals surface area contributed by atoms with Gasteiger partial charge in [-0.1, -0.05) is 41.9 Å². The Hall–Kier alpha value is -2.90. The van der Waals surface area contributed by atoms with Gasteiger partial charge in [-0.2, -0.15) is 0 Å². The molecule has 2 amide bonds. The molecule has 27 heavy (non-hydrogen) atoms. The number of carbonyl (C=O) groups is 2. The lowest BCUT2D eigenvalue weighted by Crippen LogP contribution is -2.49. The van der Waals surface area contributed by atoms with Crippen molar-refractivity contribution in [2.24, 2.45) is 0 Å². The number of hydrogen-bond acceptors (Lipinski definition) is 4. The van der Waals surface area contributed by atoms with Crippen molar-refractivity contribution in [3.8, 4) is 5.75 Å². The lowest BCUT2D eigenvalue weighted by atomic mass is 10.2. The van der Waals surface area contributed by atoms with Crippen LogP contribution in [0.15, 0.2) is 54.6 Å². The van der Waals surface area contributed by atoms with E-state index < -0.39 is 11.8 Å². The number of aryl methyl sites for hydroxylation is 1. The number of halogens is 1. The number of amides is 2. The Balaban J connectivity index is 1.70. The van der Waals surface area contributed by atoms with Gasteiger partial charge in [0.05, 0.1) is 0 Å². The number of hydrogen-bond donors (Lipinski definition) is 3. The Bertz CT molecular complexity index is 857. The Morgan fingerprint density at radius 3 is 2.59 bits per heavy atom. The van der Waals surface area contributed by atoms with Crippen molar-refractivity contribution in [3.05, 3.63) is 70.8 Å². The average molecular weight is 404 g/mol. The van der Waals surface area contributed by atoms with Gasteiger partial charge in [0.1, 0.15) is 5.75 Å². The number of carbonyl (C=O) groups excluding carboxylic acids is 2. The molecular weight excluding hydrogens is 386 g/mol. The van der Waals surface area contributed by atoms with Gasteiger partial charge in [0.2, 0.25) is 5.91 Å². The van der Waals surface area contributed by atoms with Crippen LogP contribution in [0.2, 0.25) is 5.02 Å². The van der Waals surface area contributed by atoms with Crippen molar-refractivity contribution in [1.29, 1.82) is 0 Å². The van der Waals surface area contributed by atoms with Gasteiger partial charge < -0.3 is 4.74 Å². The zero-order valence-electron chi connectivity index (χ0n) is 14.5. The minimum atomic E-state index is -0.458. The molecule has 3 N–H and O–H groups in total. The van der Waals surface area contributed by atoms with E-state index in [1.165, 1.54) is 6.08 Å². The molecule has 8 heteroatoms. The summed E-state index contributed by atoms with van der Waals surface area (Å²) in [6.45, 7) is 1.60. The minimum Gasteiger partial charge on any atom is -0.483 e. The standard InChI is InChI=1S/C19H18ClN3O3S/c1-13-11-15(20)8-9-16(13)26-12-18(25)22-23-19(27)21-17(24)10-7-14-5-3-2-4-6-14/h2-11H,12H2,1H3,(H,22,25)(H2,21,23,24,27)/b10-7+. The third-order valence-electron chi connectivity index (χ3n) is 3.27. The van der Waals surface area contributed by atoms with E-state index >= 15 is 0 Å². The van der Waals surface area contributed by atoms with Crippen molar-refractivity contribution in [2.75, 3.05) is 6.61 Å². The molecule has 0 saturated heterocycles. The molecule has 0 atom stereocenters. The first-order chi connectivity index (χ1) is 12.9. The first-order valence-electron chi connectivity index (χ1n) is 7.96. The lowest BCUT2D eigenvalue weighted by Gasteiger charge is -2.11. The third kappa shape index (κ3) is 7.47. The summed E-state index contributed by atoms with van der Waals surface area (Å²) in [6, 6.07) is 14.4. The fourth-order valence-corrected chi connectivity index (χ4v) is 2.38. The van der Waals surface area contributed by atoms with E-state index in [0.717, 1.165) is 11.1 Å². The SMILES string of the molecule is Cc1cc(Cl)ccc1OCC(=O)NNC(=S)NC(=O)/C=C/c1ccccc1. The highest BCUT2D eigenvalue weighted by Gasteiger charge is 2.07. The predicted octanol–water partition coefficient (Wildman–Crippen LogP) is 2.76. The molecule has 2 aromatic carbocycles. The Morgan fingerprint density at radius 2 is 1.89 bits per heavy atom. The second-order valence-corrected chi connectivity index (χ2v) is 6.28. The molecule has 0 bridgehead atoms. The summed E-state index contributed by atoms with van der Waals surface area (Å²) in [7, 11) is 0. The summed E-state index contributed by atoms with van der Waals surface area (Å²) < 4.78 is 5.40. The van der Waals surface area contributed by atoms with E-state index in [9.17, 15) is 9.59 Å². The molecule has 6 nitrogen and oxygen atoms in total. The van der Waals surface area contributed by atoms with Gasteiger partial charge in [0.15, 0.2) is 11.7 Å². The number of hydrazine groups is 1. The van der Waals surface area contributed by atoms with Crippen LogP contribution < -0.4 is 20.9 Å². The highest BCUT2D eigenvalue weighted by atomic mass is 35.5. The van der Waals surface area contributed by atoms with Crippen molar-refractivity contribution >= 4 is 46.8 Å². The summed E-state index contributed by atoms with van der Waals surface area (Å²) >= 11 is 10.8. The molecule has 2 rings (SSSR count). The average Bonchev–Trinajstić information content (AvgIpc) is 2.65. The van der Waals surface area contributed by atoms with Crippen LogP contribution in [0.25, 0.3) is 6.08 Å². The molecule has 0 heterocycles. The van der Waals surface area contributed by atoms with Gasteiger partial charge in [-0.3, -0.25) is 25.8 Å². The van der Waals surface area contributed by atoms with Gasteiger partial charge in [0.25, 0.3) is 5.91 Å². The molecule has 0 saturated carbocycles. The number of nitrogens with one attached hydrogen (secondary N) is 3. The van der Waals surface area contributed by atoms with Crippen molar-refractivity contribution in [1.82, 2.24) is 16.2 Å². The molecule has 0 aliphatic carbocycles. The van der Waals surface area contributed by atoms with Gasteiger partial charge in [-0.05, 0) is 54.5 Å². The minimum absolute atomic E-state index is 0.0336.